The van der Waals surface area contributed by atoms with Crippen LogP contribution in [-0.4, -0.2) is 28.3 Å². The Kier molecular flexibility index (Phi) is 6.87. The minimum Gasteiger partial charge on any atom is -0.316 e. The Hall–Kier alpha value is -3.18. The second-order valence-corrected chi connectivity index (χ2v) is 10.9. The molecular weight excluding hydrogens is 430 g/mol. The molecule has 0 bridgehead atoms. The Morgan fingerprint density at radius 2 is 1.89 bits per heavy atom. The lowest BCUT2D eigenvalue weighted by atomic mass is 9.81. The Labute approximate surface area is 209 Å². The van der Waals surface area contributed by atoms with Gasteiger partial charge in [-0.1, -0.05) is 32.9 Å². The Bertz CT molecular complexity index is 1250. The number of nitrogens with zero attached hydrogens (tertiary/aromatic N) is 3. The smallest absolute Gasteiger partial charge is 0.137 e. The minimum absolute atomic E-state index is 0.102. The zero-order chi connectivity index (χ0) is 24.3. The molecule has 1 unspecified atom stereocenters. The molecule has 0 saturated carbocycles. The predicted octanol–water partition coefficient (Wildman–Crippen LogP) is 7.05. The van der Waals surface area contributed by atoms with Gasteiger partial charge in [-0.05, 0) is 110 Å². The van der Waals surface area contributed by atoms with Gasteiger partial charge in [0, 0.05) is 23.0 Å². The van der Waals surface area contributed by atoms with Crippen molar-refractivity contribution in [2.24, 2.45) is 5.92 Å². The van der Waals surface area contributed by atoms with E-state index in [-0.39, 0.29) is 5.41 Å². The van der Waals surface area contributed by atoms with Gasteiger partial charge in [0.2, 0.25) is 0 Å². The second kappa shape index (κ2) is 10.2. The molecule has 182 valence electrons. The maximum atomic E-state index is 4.72. The van der Waals surface area contributed by atoms with Crippen LogP contribution in [0.25, 0.3) is 10.9 Å². The number of piperidine rings is 1. The zero-order valence-electron chi connectivity index (χ0n) is 21.2. The lowest BCUT2D eigenvalue weighted by molar-refractivity contribution is 0.350. The van der Waals surface area contributed by atoms with Crippen LogP contribution in [0.3, 0.4) is 0 Å². The lowest BCUT2D eigenvalue weighted by Gasteiger charge is -2.29. The summed E-state index contributed by atoms with van der Waals surface area (Å²) < 4.78 is 0. The Balaban J connectivity index is 1.50. The maximum Gasteiger partial charge on any atom is 0.137 e. The highest BCUT2D eigenvalue weighted by molar-refractivity contribution is 5.86. The van der Waals surface area contributed by atoms with Crippen LogP contribution in [0.5, 0.6) is 0 Å². The van der Waals surface area contributed by atoms with E-state index in [0.29, 0.717) is 0 Å². The molecule has 4 aromatic rings. The molecule has 1 atom stereocenters. The van der Waals surface area contributed by atoms with Crippen molar-refractivity contribution in [2.75, 3.05) is 18.0 Å². The molecule has 35 heavy (non-hydrogen) atoms. The summed E-state index contributed by atoms with van der Waals surface area (Å²) in [6.07, 6.45) is 10.0. The van der Waals surface area contributed by atoms with Gasteiger partial charge in [-0.2, -0.15) is 5.10 Å². The molecule has 5 nitrogen and oxygen atoms in total. The van der Waals surface area contributed by atoms with Crippen LogP contribution in [-0.2, 0) is 11.8 Å². The van der Waals surface area contributed by atoms with Crippen LogP contribution < -0.4 is 10.2 Å². The van der Waals surface area contributed by atoms with E-state index in [1.165, 1.54) is 49.9 Å². The number of hydrogen-bond acceptors (Lipinski definition) is 4. The fourth-order valence-corrected chi connectivity index (χ4v) is 5.37. The van der Waals surface area contributed by atoms with Crippen molar-refractivity contribution in [3.63, 3.8) is 0 Å². The van der Waals surface area contributed by atoms with Gasteiger partial charge < -0.3 is 5.32 Å². The molecule has 3 heterocycles. The number of rotatable bonds is 7. The number of H-pyrrole nitrogens is 1. The van der Waals surface area contributed by atoms with Gasteiger partial charge in [-0.25, -0.2) is 4.98 Å². The summed E-state index contributed by atoms with van der Waals surface area (Å²) in [7, 11) is 0. The van der Waals surface area contributed by atoms with E-state index in [2.05, 4.69) is 83.6 Å². The van der Waals surface area contributed by atoms with Crippen molar-refractivity contribution < 1.29 is 0 Å². The number of hydrogen-bond donors (Lipinski definition) is 2. The summed E-state index contributed by atoms with van der Waals surface area (Å²) in [6.45, 7) is 9.31. The van der Waals surface area contributed by atoms with Gasteiger partial charge in [-0.3, -0.25) is 10.00 Å². The minimum atomic E-state index is 0.102. The molecule has 5 rings (SSSR count). The molecule has 2 aromatic carbocycles. The molecule has 0 radical (unpaired) electrons. The predicted molar refractivity (Wildman–Crippen MR) is 146 cm³/mol. The van der Waals surface area contributed by atoms with E-state index < -0.39 is 0 Å². The first kappa shape index (κ1) is 23.6. The van der Waals surface area contributed by atoms with E-state index in [9.17, 15) is 0 Å². The Morgan fingerprint density at radius 3 is 2.66 bits per heavy atom. The molecule has 0 aliphatic carbocycles. The molecule has 1 saturated heterocycles. The molecule has 1 aliphatic rings. The van der Waals surface area contributed by atoms with Gasteiger partial charge in [0.05, 0.1) is 11.7 Å². The first-order valence-electron chi connectivity index (χ1n) is 13.0. The van der Waals surface area contributed by atoms with Gasteiger partial charge in [0.25, 0.3) is 0 Å². The number of anilines is 3. The summed E-state index contributed by atoms with van der Waals surface area (Å²) in [4.78, 5) is 6.97. The van der Waals surface area contributed by atoms with Crippen molar-refractivity contribution in [1.82, 2.24) is 20.5 Å². The number of aromatic amines is 1. The molecule has 2 aromatic heterocycles. The molecule has 0 spiro atoms. The van der Waals surface area contributed by atoms with Crippen LogP contribution >= 0.6 is 0 Å². The Morgan fingerprint density at radius 1 is 1.03 bits per heavy atom. The average Bonchev–Trinajstić information content (AvgIpc) is 3.33. The SMILES string of the molecule is CC(C)(C)c1ccc(N(c2ccc3cn[nH]c3c2)c2ccccn2)cc1CCCC1CCCNC1. The van der Waals surface area contributed by atoms with Gasteiger partial charge in [-0.15, -0.1) is 0 Å². The normalized spacial score (nSPS) is 16.5. The molecule has 2 N–H and O–H groups in total. The molecule has 0 amide bonds. The van der Waals surface area contributed by atoms with E-state index in [4.69, 9.17) is 4.98 Å². The van der Waals surface area contributed by atoms with Crippen molar-refractivity contribution in [3.05, 3.63) is 78.1 Å². The monoisotopic (exact) mass is 467 g/mol. The lowest BCUT2D eigenvalue weighted by Crippen LogP contribution is -2.29. The summed E-state index contributed by atoms with van der Waals surface area (Å²) >= 11 is 0. The van der Waals surface area contributed by atoms with Crippen LogP contribution in [0.4, 0.5) is 17.2 Å². The topological polar surface area (TPSA) is 56.8 Å². The number of aryl methyl sites for hydroxylation is 1. The van der Waals surface area contributed by atoms with Crippen molar-refractivity contribution in [1.29, 1.82) is 0 Å². The summed E-state index contributed by atoms with van der Waals surface area (Å²) in [5.74, 6) is 1.73. The van der Waals surface area contributed by atoms with Gasteiger partial charge in [0.15, 0.2) is 0 Å². The molecule has 5 heteroatoms. The first-order valence-corrected chi connectivity index (χ1v) is 13.0. The zero-order valence-corrected chi connectivity index (χ0v) is 21.2. The standard InChI is InChI=1S/C30H37N5/c1-30(2,3)27-15-14-25(18-23(27)10-6-8-22-9-7-16-31-20-22)35(29-11-4-5-17-32-29)26-13-12-24-21-33-34-28(24)19-26/h4-5,11-15,17-19,21-22,31H,6-10,16,20H2,1-3H3,(H,33,34). The van der Waals surface area contributed by atoms with Crippen LogP contribution in [0, 0.1) is 5.92 Å². The van der Waals surface area contributed by atoms with E-state index in [1.54, 1.807) is 0 Å². The van der Waals surface area contributed by atoms with Crippen molar-refractivity contribution in [2.45, 2.75) is 58.3 Å². The molecular formula is C30H37N5. The van der Waals surface area contributed by atoms with Crippen LogP contribution in [0.1, 0.15) is 57.6 Å². The van der Waals surface area contributed by atoms with Crippen molar-refractivity contribution >= 4 is 28.1 Å². The van der Waals surface area contributed by atoms with Gasteiger partial charge >= 0.3 is 0 Å². The number of benzene rings is 2. The first-order chi connectivity index (χ1) is 17.0. The van der Waals surface area contributed by atoms with E-state index >= 15 is 0 Å². The van der Waals surface area contributed by atoms with Crippen molar-refractivity contribution in [3.8, 4) is 0 Å². The second-order valence-electron chi connectivity index (χ2n) is 10.9. The number of fused-ring (bicyclic) bond motifs is 1. The van der Waals surface area contributed by atoms with Crippen LogP contribution in [0.15, 0.2) is 67.0 Å². The third-order valence-corrected chi connectivity index (χ3v) is 7.17. The maximum absolute atomic E-state index is 4.72. The fourth-order valence-electron chi connectivity index (χ4n) is 5.37. The summed E-state index contributed by atoms with van der Waals surface area (Å²) in [6, 6.07) is 19.5. The van der Waals surface area contributed by atoms with Gasteiger partial charge in [0.1, 0.15) is 5.82 Å². The fraction of sp³-hybridized carbons (Fsp3) is 0.400. The number of nitrogens with one attached hydrogen (secondary N) is 2. The van der Waals surface area contributed by atoms with Crippen LogP contribution in [0.2, 0.25) is 0 Å². The summed E-state index contributed by atoms with van der Waals surface area (Å²) in [5, 5.41) is 12.0. The average molecular weight is 468 g/mol. The number of pyridine rings is 1. The quantitative estimate of drug-likeness (QED) is 0.306. The molecule has 1 aliphatic heterocycles. The highest BCUT2D eigenvalue weighted by Crippen LogP contribution is 2.38. The third-order valence-electron chi connectivity index (χ3n) is 7.17. The number of aromatic nitrogens is 3. The third kappa shape index (κ3) is 5.40. The summed E-state index contributed by atoms with van der Waals surface area (Å²) in [5.41, 5.74) is 6.23. The molecule has 1 fully saturated rings. The highest BCUT2D eigenvalue weighted by atomic mass is 15.2. The highest BCUT2D eigenvalue weighted by Gasteiger charge is 2.22. The van der Waals surface area contributed by atoms with E-state index in [1.807, 2.05) is 24.5 Å². The van der Waals surface area contributed by atoms with E-state index in [0.717, 1.165) is 40.4 Å². The largest absolute Gasteiger partial charge is 0.316 e.